The van der Waals surface area contributed by atoms with Crippen LogP contribution >= 0.6 is 11.3 Å². The Labute approximate surface area is 171 Å². The topological polar surface area (TPSA) is 56.1 Å². The molecule has 29 heavy (non-hydrogen) atoms. The van der Waals surface area contributed by atoms with Crippen LogP contribution in [0.3, 0.4) is 0 Å². The zero-order valence-corrected chi connectivity index (χ0v) is 16.9. The first-order chi connectivity index (χ1) is 14.0. The molecule has 0 unspecified atom stereocenters. The third-order valence-corrected chi connectivity index (χ3v) is 5.74. The van der Waals surface area contributed by atoms with Crippen molar-refractivity contribution in [2.45, 2.75) is 20.1 Å². The Balaban J connectivity index is 1.52. The molecule has 0 saturated carbocycles. The molecule has 0 radical (unpaired) electrons. The van der Waals surface area contributed by atoms with Crippen LogP contribution in [0.4, 0.5) is 4.39 Å². The molecule has 0 atom stereocenters. The molecule has 2 aromatic carbocycles. The molecule has 4 aromatic rings. The van der Waals surface area contributed by atoms with Crippen LogP contribution in [0.1, 0.15) is 26.5 Å². The van der Waals surface area contributed by atoms with Crippen molar-refractivity contribution in [1.82, 2.24) is 15.1 Å². The Morgan fingerprint density at radius 3 is 2.52 bits per heavy atom. The van der Waals surface area contributed by atoms with E-state index < -0.39 is 0 Å². The monoisotopic (exact) mass is 409 g/mol. The van der Waals surface area contributed by atoms with Crippen molar-refractivity contribution < 1.29 is 13.9 Å². The van der Waals surface area contributed by atoms with E-state index in [9.17, 15) is 9.18 Å². The highest BCUT2D eigenvalue weighted by Gasteiger charge is 2.17. The van der Waals surface area contributed by atoms with Crippen molar-refractivity contribution >= 4 is 27.5 Å². The molecule has 2 heterocycles. The second kappa shape index (κ2) is 8.14. The second-order valence-corrected chi connectivity index (χ2v) is 7.77. The van der Waals surface area contributed by atoms with E-state index in [1.807, 2.05) is 37.3 Å². The van der Waals surface area contributed by atoms with E-state index in [4.69, 9.17) is 4.74 Å². The Morgan fingerprint density at radius 2 is 1.83 bits per heavy atom. The standard InChI is InChI=1S/C22H20FN3O2S/c1-14-19-11-20(21(27)24-12-15-3-5-16(6-4-15)13-28-2)29-22(19)26(25-14)18-9-7-17(23)8-10-18/h3-11H,12-13H2,1-2H3,(H,24,27). The third kappa shape index (κ3) is 4.06. The number of aromatic nitrogens is 2. The van der Waals surface area contributed by atoms with Crippen LogP contribution in [0.25, 0.3) is 15.9 Å². The molecule has 4 rings (SSSR count). The number of amides is 1. The number of aryl methyl sites for hydroxylation is 1. The van der Waals surface area contributed by atoms with Gasteiger partial charge in [0.15, 0.2) is 0 Å². The predicted octanol–water partition coefficient (Wildman–Crippen LogP) is 4.61. The minimum atomic E-state index is -0.296. The van der Waals surface area contributed by atoms with E-state index >= 15 is 0 Å². The number of benzene rings is 2. The first-order valence-corrected chi connectivity index (χ1v) is 9.97. The normalized spacial score (nSPS) is 11.1. The van der Waals surface area contributed by atoms with Gasteiger partial charge in [-0.1, -0.05) is 24.3 Å². The number of ether oxygens (including phenoxy) is 1. The summed E-state index contributed by atoms with van der Waals surface area (Å²) >= 11 is 1.37. The lowest BCUT2D eigenvalue weighted by Crippen LogP contribution is -2.21. The van der Waals surface area contributed by atoms with Gasteiger partial charge in [-0.25, -0.2) is 9.07 Å². The minimum absolute atomic E-state index is 0.128. The number of nitrogens with one attached hydrogen (secondary N) is 1. The van der Waals surface area contributed by atoms with Crippen LogP contribution in [-0.4, -0.2) is 22.8 Å². The van der Waals surface area contributed by atoms with Gasteiger partial charge in [-0.3, -0.25) is 4.79 Å². The number of methoxy groups -OCH3 is 1. The lowest BCUT2D eigenvalue weighted by molar-refractivity contribution is 0.0955. The molecule has 0 aliphatic rings. The van der Waals surface area contributed by atoms with Gasteiger partial charge in [0, 0.05) is 19.0 Å². The number of rotatable bonds is 6. The van der Waals surface area contributed by atoms with Crippen LogP contribution in [0, 0.1) is 12.7 Å². The summed E-state index contributed by atoms with van der Waals surface area (Å²) in [5.74, 6) is -0.424. The molecule has 0 saturated heterocycles. The van der Waals surface area contributed by atoms with Gasteiger partial charge in [0.2, 0.25) is 0 Å². The molecular formula is C22H20FN3O2S. The molecule has 2 aromatic heterocycles. The fourth-order valence-electron chi connectivity index (χ4n) is 3.11. The molecule has 1 amide bonds. The summed E-state index contributed by atoms with van der Waals surface area (Å²) in [4.78, 5) is 14.1. The van der Waals surface area contributed by atoms with Crippen molar-refractivity contribution in [2.24, 2.45) is 0 Å². The van der Waals surface area contributed by atoms with E-state index in [2.05, 4.69) is 10.4 Å². The molecule has 0 fully saturated rings. The van der Waals surface area contributed by atoms with Crippen LogP contribution < -0.4 is 5.32 Å². The molecule has 148 valence electrons. The number of carbonyl (C=O) groups is 1. The first kappa shape index (κ1) is 19.3. The summed E-state index contributed by atoms with van der Waals surface area (Å²) in [7, 11) is 1.66. The smallest absolute Gasteiger partial charge is 0.261 e. The lowest BCUT2D eigenvalue weighted by Gasteiger charge is -2.05. The van der Waals surface area contributed by atoms with Crippen LogP contribution in [-0.2, 0) is 17.9 Å². The van der Waals surface area contributed by atoms with E-state index in [1.54, 1.807) is 23.9 Å². The zero-order chi connectivity index (χ0) is 20.4. The minimum Gasteiger partial charge on any atom is -0.380 e. The van der Waals surface area contributed by atoms with Crippen LogP contribution in [0.15, 0.2) is 54.6 Å². The number of thiophene rings is 1. The van der Waals surface area contributed by atoms with Crippen molar-refractivity contribution in [3.05, 3.63) is 82.1 Å². The molecule has 0 aliphatic heterocycles. The molecule has 5 nitrogen and oxygen atoms in total. The Bertz CT molecular complexity index is 1150. The van der Waals surface area contributed by atoms with E-state index in [-0.39, 0.29) is 11.7 Å². The number of hydrogen-bond acceptors (Lipinski definition) is 4. The molecule has 1 N–H and O–H groups in total. The van der Waals surface area contributed by atoms with Crippen LogP contribution in [0.2, 0.25) is 0 Å². The van der Waals surface area contributed by atoms with Gasteiger partial charge in [-0.2, -0.15) is 5.10 Å². The number of fused-ring (bicyclic) bond motifs is 1. The fraction of sp³-hybridized carbons (Fsp3) is 0.182. The van der Waals surface area contributed by atoms with Crippen molar-refractivity contribution in [3.63, 3.8) is 0 Å². The first-order valence-electron chi connectivity index (χ1n) is 9.15. The Morgan fingerprint density at radius 1 is 1.14 bits per heavy atom. The van der Waals surface area contributed by atoms with Crippen molar-refractivity contribution in [2.75, 3.05) is 7.11 Å². The summed E-state index contributed by atoms with van der Waals surface area (Å²) in [5.41, 5.74) is 3.70. The highest BCUT2D eigenvalue weighted by atomic mass is 32.1. The van der Waals surface area contributed by atoms with Gasteiger partial charge in [0.25, 0.3) is 5.91 Å². The summed E-state index contributed by atoms with van der Waals surface area (Å²) in [6, 6.07) is 16.0. The second-order valence-electron chi connectivity index (χ2n) is 6.74. The van der Waals surface area contributed by atoms with Crippen molar-refractivity contribution in [3.8, 4) is 5.69 Å². The fourth-order valence-corrected chi connectivity index (χ4v) is 4.21. The molecule has 0 aliphatic carbocycles. The van der Waals surface area contributed by atoms with Crippen molar-refractivity contribution in [1.29, 1.82) is 0 Å². The molecular weight excluding hydrogens is 389 g/mol. The molecule has 0 bridgehead atoms. The maximum absolute atomic E-state index is 13.2. The number of hydrogen-bond donors (Lipinski definition) is 1. The number of nitrogens with zero attached hydrogens (tertiary/aromatic N) is 2. The van der Waals surface area contributed by atoms with Gasteiger partial charge >= 0.3 is 0 Å². The Kier molecular flexibility index (Phi) is 5.42. The maximum Gasteiger partial charge on any atom is 0.261 e. The van der Waals surface area contributed by atoms with E-state index in [1.165, 1.54) is 23.5 Å². The van der Waals surface area contributed by atoms with Gasteiger partial charge in [-0.05, 0) is 48.4 Å². The quantitative estimate of drug-likeness (QED) is 0.506. The lowest BCUT2D eigenvalue weighted by atomic mass is 10.1. The summed E-state index contributed by atoms with van der Waals surface area (Å²) < 4.78 is 20.1. The summed E-state index contributed by atoms with van der Waals surface area (Å²) in [5, 5.41) is 8.42. The molecule has 7 heteroatoms. The average molecular weight is 409 g/mol. The number of carbonyl (C=O) groups excluding carboxylic acids is 1. The van der Waals surface area contributed by atoms with Gasteiger partial charge in [-0.15, -0.1) is 11.3 Å². The summed E-state index contributed by atoms with van der Waals surface area (Å²) in [6.45, 7) is 2.92. The highest BCUT2D eigenvalue weighted by Crippen LogP contribution is 2.30. The highest BCUT2D eigenvalue weighted by molar-refractivity contribution is 7.20. The predicted molar refractivity (Wildman–Crippen MR) is 112 cm³/mol. The maximum atomic E-state index is 13.2. The van der Waals surface area contributed by atoms with Crippen LogP contribution in [0.5, 0.6) is 0 Å². The Hall–Kier alpha value is -3.03. The zero-order valence-electron chi connectivity index (χ0n) is 16.1. The van der Waals surface area contributed by atoms with E-state index in [0.29, 0.717) is 18.0 Å². The van der Waals surface area contributed by atoms with Gasteiger partial charge in [0.1, 0.15) is 10.6 Å². The van der Waals surface area contributed by atoms with Gasteiger partial charge in [0.05, 0.1) is 22.9 Å². The average Bonchev–Trinajstić information content (AvgIpc) is 3.29. The van der Waals surface area contributed by atoms with Gasteiger partial charge < -0.3 is 10.1 Å². The number of halogens is 1. The largest absolute Gasteiger partial charge is 0.380 e. The SMILES string of the molecule is COCc1ccc(CNC(=O)c2cc3c(C)nn(-c4ccc(F)cc4)c3s2)cc1. The molecule has 0 spiro atoms. The van der Waals surface area contributed by atoms with E-state index in [0.717, 1.165) is 32.7 Å². The summed E-state index contributed by atoms with van der Waals surface area (Å²) in [6.07, 6.45) is 0. The third-order valence-electron chi connectivity index (χ3n) is 4.63.